The van der Waals surface area contributed by atoms with Gasteiger partial charge in [-0.1, -0.05) is 61.6 Å². The zero-order valence-corrected chi connectivity index (χ0v) is 38.2. The predicted octanol–water partition coefficient (Wildman–Crippen LogP) is -4.94. The van der Waals surface area contributed by atoms with Crippen LogP contribution < -0.4 is 37.2 Å². The van der Waals surface area contributed by atoms with E-state index in [0.29, 0.717) is 12.8 Å². The fourth-order valence-electron chi connectivity index (χ4n) is 6.15. The van der Waals surface area contributed by atoms with Crippen LogP contribution in [0.15, 0.2) is 10.6 Å². The summed E-state index contributed by atoms with van der Waals surface area (Å²) in [7, 11) is 0. The molecule has 0 rings (SSSR count). The molecule has 0 aromatic heterocycles. The Morgan fingerprint density at radius 1 is 0.536 bits per heavy atom. The molecule has 0 spiro atoms. The third kappa shape index (κ3) is 26.0. The highest BCUT2D eigenvalue weighted by Crippen LogP contribution is 2.11. The molecule has 0 bridgehead atoms. The number of carbonyl (C=O) groups excluding carboxylic acids is 7. The van der Waals surface area contributed by atoms with Gasteiger partial charge in [0.1, 0.15) is 36.3 Å². The third-order valence-corrected chi connectivity index (χ3v) is 10.0. The first-order valence-corrected chi connectivity index (χ1v) is 22.0. The Bertz CT molecular complexity index is 1740. The van der Waals surface area contributed by atoms with Crippen LogP contribution in [0.4, 0.5) is 0 Å². The van der Waals surface area contributed by atoms with Crippen molar-refractivity contribution in [1.82, 2.24) is 37.2 Å². The van der Waals surface area contributed by atoms with E-state index in [1.54, 1.807) is 0 Å². The molecule has 0 heterocycles. The van der Waals surface area contributed by atoms with Gasteiger partial charge in [0.2, 0.25) is 41.4 Å². The summed E-state index contributed by atoms with van der Waals surface area (Å²) in [6.45, 7) is -1.30. The first kappa shape index (κ1) is 62.4. The lowest BCUT2D eigenvalue weighted by Crippen LogP contribution is -2.63. The van der Waals surface area contributed by atoms with E-state index in [-0.39, 0.29) is 35.4 Å². The average molecular weight is 998 g/mol. The molecule has 9 atom stereocenters. The molecule has 16 N–H and O–H groups in total. The lowest BCUT2D eigenvalue weighted by Gasteiger charge is -2.28. The molecular formula is C38H67N11O20. The van der Waals surface area contributed by atoms with Crippen molar-refractivity contribution in [2.45, 2.75) is 152 Å². The van der Waals surface area contributed by atoms with Crippen molar-refractivity contribution in [1.29, 1.82) is 0 Å². The summed E-state index contributed by atoms with van der Waals surface area (Å²) in [5, 5.41) is 128. The Kier molecular flexibility index (Phi) is 31.4. The van der Waals surface area contributed by atoms with E-state index in [1.807, 2.05) is 21.3 Å². The number of carbonyl (C=O) groups is 9. The SMILES string of the molecule is CCCCCCCCC[C@@H](O)CC(=O)NCC(=O)N[C@@H](C(=O)N[C@@H](CO)C(=O)N[C@@H](C(=O)N[C@H](CCC[N+]([O-])=NO)C(=O)N[C@@H](CO)C(=O)N[C@H](CCC[N+]([O-])=NO)C(=O)O)[C@@H](C)O)[C@@H](O)C(=O)O. The summed E-state index contributed by atoms with van der Waals surface area (Å²) in [5.74, 6) is -12.5. The number of nitrogens with zero attached hydrogens (tertiary/aromatic N) is 4. The Balaban J connectivity index is 5.94. The smallest absolute Gasteiger partial charge is 0.335 e. The Hall–Kier alpha value is -6.57. The quantitative estimate of drug-likeness (QED) is 0.0120. The summed E-state index contributed by atoms with van der Waals surface area (Å²) < 4.78 is 0. The largest absolute Gasteiger partial charge is 0.597 e. The van der Waals surface area contributed by atoms with Crippen LogP contribution in [0, 0.1) is 10.4 Å². The molecule has 0 radical (unpaired) electrons. The monoisotopic (exact) mass is 997 g/mol. The molecule has 0 aliphatic carbocycles. The minimum absolute atomic E-state index is 0.168. The van der Waals surface area contributed by atoms with Crippen LogP contribution in [0.25, 0.3) is 0 Å². The molecule has 0 saturated carbocycles. The van der Waals surface area contributed by atoms with Gasteiger partial charge in [-0.25, -0.2) is 9.59 Å². The Labute approximate surface area is 394 Å². The predicted molar refractivity (Wildman–Crippen MR) is 229 cm³/mol. The molecule has 7 amide bonds. The van der Waals surface area contributed by atoms with Crippen LogP contribution in [0.1, 0.15) is 97.3 Å². The molecule has 0 aliphatic rings. The third-order valence-electron chi connectivity index (χ3n) is 10.0. The fraction of sp³-hybridized carbons (Fsp3) is 0.763. The number of nitrogens with one attached hydrogen (secondary N) is 7. The summed E-state index contributed by atoms with van der Waals surface area (Å²) in [5.41, 5.74) is 0. The number of aliphatic hydroxyl groups excluding tert-OH is 5. The molecular weight excluding hydrogens is 930 g/mol. The lowest BCUT2D eigenvalue weighted by molar-refractivity contribution is -0.556. The van der Waals surface area contributed by atoms with Gasteiger partial charge in [-0.15, -0.1) is 0 Å². The van der Waals surface area contributed by atoms with Gasteiger partial charge in [0.05, 0.1) is 38.4 Å². The van der Waals surface area contributed by atoms with E-state index >= 15 is 0 Å². The van der Waals surface area contributed by atoms with Gasteiger partial charge in [0.25, 0.3) is 0 Å². The standard InChI is InChI=1S/C38H67N11O20/c1-3-4-5-6-7-8-9-12-22(53)17-27(54)39-18-28(55)44-30(31(56)38(64)65)36(61)43-26(20-51)34(59)45-29(21(2)52)35(60)40-23(13-10-15-48(68)46-66)32(57)42-25(19-50)33(58)41-24(37(62)63)14-11-16-49(69)47-67/h21-26,29-31,50-53,56,66-67H,3-20H2,1-2H3,(H,39,54)(H,40,60)(H,41,58)(H,42,57)(H,43,61)(H,44,55)(H,45,59)(H,62,63)(H,64,65)/t21-,22-,23-,24-,25+,26+,29-,30-,31-/m1/s1. The second kappa shape index (κ2) is 34.7. The van der Waals surface area contributed by atoms with E-state index in [1.165, 1.54) is 0 Å². The van der Waals surface area contributed by atoms with Crippen LogP contribution in [0.3, 0.4) is 0 Å². The van der Waals surface area contributed by atoms with E-state index in [2.05, 4.69) is 33.4 Å². The minimum atomic E-state index is -2.67. The van der Waals surface area contributed by atoms with Gasteiger partial charge in [-0.3, -0.25) is 33.6 Å². The Morgan fingerprint density at radius 2 is 0.986 bits per heavy atom. The summed E-state index contributed by atoms with van der Waals surface area (Å²) in [6, 6.07) is -11.9. The van der Waals surface area contributed by atoms with E-state index < -0.39 is 147 Å². The van der Waals surface area contributed by atoms with Gasteiger partial charge in [-0.2, -0.15) is 0 Å². The first-order valence-electron chi connectivity index (χ1n) is 22.0. The van der Waals surface area contributed by atoms with Crippen LogP contribution in [-0.4, -0.2) is 197 Å². The van der Waals surface area contributed by atoms with Gasteiger partial charge in [-0.05, 0) is 26.2 Å². The molecule has 0 aliphatic heterocycles. The van der Waals surface area contributed by atoms with Crippen LogP contribution in [-0.2, 0) is 43.2 Å². The summed E-state index contributed by atoms with van der Waals surface area (Å²) in [4.78, 5) is 114. The number of aliphatic hydroxyl groups is 5. The molecule has 31 heteroatoms. The molecule has 69 heavy (non-hydrogen) atoms. The molecule has 31 nitrogen and oxygen atoms in total. The number of hydrogen-bond acceptors (Lipinski definition) is 18. The first-order chi connectivity index (χ1) is 32.6. The second-order valence-electron chi connectivity index (χ2n) is 15.7. The van der Waals surface area contributed by atoms with Crippen molar-refractivity contribution < 1.29 is 99.0 Å². The number of rotatable bonds is 37. The normalized spacial score (nSPS) is 15.6. The fourth-order valence-corrected chi connectivity index (χ4v) is 6.15. The van der Waals surface area contributed by atoms with Gasteiger partial charge >= 0.3 is 11.9 Å². The number of carboxylic acids is 2. The molecule has 0 aromatic rings. The highest BCUT2D eigenvalue weighted by Gasteiger charge is 2.38. The highest BCUT2D eigenvalue weighted by molar-refractivity contribution is 5.98. The minimum Gasteiger partial charge on any atom is -0.597 e. The number of hydrogen-bond donors (Lipinski definition) is 16. The van der Waals surface area contributed by atoms with Crippen molar-refractivity contribution in [2.24, 2.45) is 10.6 Å². The number of aliphatic carboxylic acids is 2. The van der Waals surface area contributed by atoms with E-state index in [9.17, 15) is 89.3 Å². The molecule has 0 unspecified atom stereocenters. The van der Waals surface area contributed by atoms with E-state index in [0.717, 1.165) is 45.4 Å². The molecule has 0 aromatic carbocycles. The van der Waals surface area contributed by atoms with Crippen LogP contribution in [0.2, 0.25) is 0 Å². The number of amides is 7. The van der Waals surface area contributed by atoms with Crippen molar-refractivity contribution >= 4 is 53.3 Å². The molecule has 0 fully saturated rings. The zero-order chi connectivity index (χ0) is 52.6. The van der Waals surface area contributed by atoms with Crippen molar-refractivity contribution in [2.75, 3.05) is 32.8 Å². The van der Waals surface area contributed by atoms with Crippen LogP contribution in [0.5, 0.6) is 0 Å². The van der Waals surface area contributed by atoms with Crippen molar-refractivity contribution in [3.63, 3.8) is 0 Å². The highest BCUT2D eigenvalue weighted by atomic mass is 16.6. The van der Waals surface area contributed by atoms with Crippen molar-refractivity contribution in [3.05, 3.63) is 10.4 Å². The maximum absolute atomic E-state index is 13.5. The van der Waals surface area contributed by atoms with Gasteiger partial charge in [0.15, 0.2) is 29.7 Å². The zero-order valence-electron chi connectivity index (χ0n) is 38.2. The second-order valence-corrected chi connectivity index (χ2v) is 15.7. The topological polar surface area (TPSA) is 497 Å². The maximum atomic E-state index is 13.5. The number of hydroxylamine groups is 2. The van der Waals surface area contributed by atoms with Crippen molar-refractivity contribution in [3.8, 4) is 0 Å². The van der Waals surface area contributed by atoms with Gasteiger partial charge < -0.3 is 93.8 Å². The van der Waals surface area contributed by atoms with Gasteiger partial charge in [0, 0.05) is 12.8 Å². The van der Waals surface area contributed by atoms with Crippen LogP contribution >= 0.6 is 0 Å². The summed E-state index contributed by atoms with van der Waals surface area (Å²) >= 11 is 0. The molecule has 394 valence electrons. The number of unbranched alkanes of at least 4 members (excludes halogenated alkanes) is 6. The Morgan fingerprint density at radius 3 is 1.48 bits per heavy atom. The van der Waals surface area contributed by atoms with E-state index in [4.69, 9.17) is 10.4 Å². The maximum Gasteiger partial charge on any atom is 0.335 e. The summed E-state index contributed by atoms with van der Waals surface area (Å²) in [6.07, 6.45) is -0.178. The average Bonchev–Trinajstić information content (AvgIpc) is 3.30. The molecule has 0 saturated heterocycles. The lowest BCUT2D eigenvalue weighted by atomic mass is 10.0. The number of carboxylic acid groups (broad SMARTS) is 2.